The molecule has 1 aliphatic rings. The highest BCUT2D eigenvalue weighted by atomic mass is 15.0. The number of aromatic nitrogens is 2. The van der Waals surface area contributed by atoms with Crippen LogP contribution in [0, 0.1) is 6.92 Å². The van der Waals surface area contributed by atoms with E-state index < -0.39 is 0 Å². The maximum absolute atomic E-state index is 6.49. The van der Waals surface area contributed by atoms with E-state index in [0.717, 1.165) is 12.1 Å². The van der Waals surface area contributed by atoms with E-state index >= 15 is 0 Å². The van der Waals surface area contributed by atoms with Crippen LogP contribution in [0.2, 0.25) is 0 Å². The van der Waals surface area contributed by atoms with Gasteiger partial charge in [0.2, 0.25) is 0 Å². The molecule has 3 aromatic rings. The van der Waals surface area contributed by atoms with Crippen LogP contribution in [0.1, 0.15) is 41.3 Å². The van der Waals surface area contributed by atoms with Gasteiger partial charge in [0.25, 0.3) is 0 Å². The zero-order chi connectivity index (χ0) is 15.8. The first kappa shape index (κ1) is 14.5. The largest absolute Gasteiger partial charge is 0.342 e. The summed E-state index contributed by atoms with van der Waals surface area (Å²) in [6.07, 6.45) is 8.60. The van der Waals surface area contributed by atoms with Crippen LogP contribution in [0.15, 0.2) is 42.7 Å². The molecule has 2 heterocycles. The molecule has 1 aromatic carbocycles. The summed E-state index contributed by atoms with van der Waals surface area (Å²) in [6, 6.07) is 10.9. The minimum Gasteiger partial charge on any atom is -0.342 e. The van der Waals surface area contributed by atoms with Crippen LogP contribution in [-0.2, 0) is 19.4 Å². The van der Waals surface area contributed by atoms with Crippen molar-refractivity contribution in [1.82, 2.24) is 9.55 Å². The zero-order valence-electron chi connectivity index (χ0n) is 13.6. The molecular weight excluding hydrogens is 282 g/mol. The highest BCUT2D eigenvalue weighted by Crippen LogP contribution is 2.33. The van der Waals surface area contributed by atoms with Crippen molar-refractivity contribution in [1.29, 1.82) is 0 Å². The molecule has 2 aromatic heterocycles. The molecule has 0 saturated heterocycles. The Morgan fingerprint density at radius 2 is 1.91 bits per heavy atom. The summed E-state index contributed by atoms with van der Waals surface area (Å²) in [6.45, 7) is 3.01. The minimum atomic E-state index is 0.000861. The Bertz CT molecular complexity index is 833. The fraction of sp³-hybridized carbons (Fsp3) is 0.350. The average Bonchev–Trinajstić information content (AvgIpc) is 2.89. The third kappa shape index (κ3) is 2.55. The van der Waals surface area contributed by atoms with Gasteiger partial charge in [-0.15, -0.1) is 0 Å². The van der Waals surface area contributed by atoms with Crippen molar-refractivity contribution < 1.29 is 0 Å². The number of pyridine rings is 1. The maximum atomic E-state index is 6.49. The third-order valence-electron chi connectivity index (χ3n) is 5.05. The molecule has 3 heteroatoms. The molecule has 118 valence electrons. The number of aryl methyl sites for hydroxylation is 2. The second-order valence-corrected chi connectivity index (χ2v) is 6.65. The second kappa shape index (κ2) is 5.82. The van der Waals surface area contributed by atoms with Crippen LogP contribution in [0.25, 0.3) is 10.9 Å². The number of nitrogens with two attached hydrogens (primary N) is 1. The SMILES string of the molecule is Cc1ccc2c(c1)c1c(n2CC(N)c2ccncc2)CCCC1. The molecule has 3 nitrogen and oxygen atoms in total. The maximum Gasteiger partial charge on any atom is 0.0486 e. The molecule has 2 N–H and O–H groups in total. The predicted molar refractivity (Wildman–Crippen MR) is 94.5 cm³/mol. The standard InChI is InChI=1S/C20H23N3/c1-14-6-7-20-17(12-14)16-4-2-3-5-19(16)23(20)13-18(21)15-8-10-22-11-9-15/h6-12,18H,2-5,13,21H2,1H3. The van der Waals surface area contributed by atoms with Gasteiger partial charge in [0, 0.05) is 41.6 Å². The van der Waals surface area contributed by atoms with Gasteiger partial charge in [-0.05, 0) is 68.0 Å². The van der Waals surface area contributed by atoms with E-state index in [9.17, 15) is 0 Å². The molecule has 0 bridgehead atoms. The summed E-state index contributed by atoms with van der Waals surface area (Å²) < 4.78 is 2.47. The zero-order valence-corrected chi connectivity index (χ0v) is 13.6. The second-order valence-electron chi connectivity index (χ2n) is 6.65. The molecule has 1 unspecified atom stereocenters. The van der Waals surface area contributed by atoms with Gasteiger partial charge >= 0.3 is 0 Å². The molecule has 23 heavy (non-hydrogen) atoms. The Balaban J connectivity index is 1.80. The Hall–Kier alpha value is -2.13. The van der Waals surface area contributed by atoms with Gasteiger partial charge in [0.05, 0.1) is 0 Å². The Kier molecular flexibility index (Phi) is 3.66. The third-order valence-corrected chi connectivity index (χ3v) is 5.05. The van der Waals surface area contributed by atoms with Crippen LogP contribution in [0.4, 0.5) is 0 Å². The van der Waals surface area contributed by atoms with E-state index in [1.54, 1.807) is 5.56 Å². The van der Waals surface area contributed by atoms with Crippen LogP contribution in [0.3, 0.4) is 0 Å². The van der Waals surface area contributed by atoms with Gasteiger partial charge in [-0.25, -0.2) is 0 Å². The Labute approximate surface area is 137 Å². The number of fused-ring (bicyclic) bond motifs is 3. The summed E-state index contributed by atoms with van der Waals surface area (Å²) in [5, 5.41) is 1.43. The monoisotopic (exact) mass is 305 g/mol. The normalized spacial score (nSPS) is 15.6. The average molecular weight is 305 g/mol. The molecule has 1 atom stereocenters. The van der Waals surface area contributed by atoms with E-state index in [-0.39, 0.29) is 6.04 Å². The Morgan fingerprint density at radius 3 is 2.74 bits per heavy atom. The van der Waals surface area contributed by atoms with Crippen LogP contribution < -0.4 is 5.73 Å². The lowest BCUT2D eigenvalue weighted by molar-refractivity contribution is 0.551. The molecular formula is C20H23N3. The van der Waals surface area contributed by atoms with Gasteiger partial charge in [-0.2, -0.15) is 0 Å². The molecule has 1 aliphatic carbocycles. The first-order chi connectivity index (χ1) is 11.2. The van der Waals surface area contributed by atoms with Crippen molar-refractivity contribution in [3.63, 3.8) is 0 Å². The topological polar surface area (TPSA) is 43.8 Å². The van der Waals surface area contributed by atoms with E-state index in [1.807, 2.05) is 24.5 Å². The van der Waals surface area contributed by atoms with Gasteiger partial charge in [-0.3, -0.25) is 4.98 Å². The molecule has 0 saturated carbocycles. The summed E-state index contributed by atoms with van der Waals surface area (Å²) in [5.41, 5.74) is 13.4. The summed E-state index contributed by atoms with van der Waals surface area (Å²) in [4.78, 5) is 4.09. The Morgan fingerprint density at radius 1 is 1.13 bits per heavy atom. The fourth-order valence-electron chi connectivity index (χ4n) is 3.87. The van der Waals surface area contributed by atoms with Crippen LogP contribution in [-0.4, -0.2) is 9.55 Å². The van der Waals surface area contributed by atoms with Gasteiger partial charge in [0.1, 0.15) is 0 Å². The minimum absolute atomic E-state index is 0.000861. The quantitative estimate of drug-likeness (QED) is 0.797. The highest BCUT2D eigenvalue weighted by Gasteiger charge is 2.21. The fourth-order valence-corrected chi connectivity index (χ4v) is 3.87. The number of benzene rings is 1. The summed E-state index contributed by atoms with van der Waals surface area (Å²) in [5.74, 6) is 0. The molecule has 0 amide bonds. The van der Waals surface area contributed by atoms with Crippen molar-refractivity contribution in [2.45, 2.75) is 45.2 Å². The lowest BCUT2D eigenvalue weighted by Gasteiger charge is -2.19. The van der Waals surface area contributed by atoms with Crippen molar-refractivity contribution in [2.75, 3.05) is 0 Å². The number of hydrogen-bond donors (Lipinski definition) is 1. The number of hydrogen-bond acceptors (Lipinski definition) is 2. The lowest BCUT2D eigenvalue weighted by Crippen LogP contribution is -2.20. The first-order valence-electron chi connectivity index (χ1n) is 8.50. The predicted octanol–water partition coefficient (Wildman–Crippen LogP) is 3.92. The molecule has 0 aliphatic heterocycles. The molecule has 4 rings (SSSR count). The van der Waals surface area contributed by atoms with E-state index in [4.69, 9.17) is 5.73 Å². The molecule has 0 radical (unpaired) electrons. The van der Waals surface area contributed by atoms with Crippen molar-refractivity contribution in [3.8, 4) is 0 Å². The van der Waals surface area contributed by atoms with E-state index in [2.05, 4.69) is 34.7 Å². The van der Waals surface area contributed by atoms with Crippen LogP contribution in [0.5, 0.6) is 0 Å². The van der Waals surface area contributed by atoms with Crippen molar-refractivity contribution in [3.05, 3.63) is 65.1 Å². The number of nitrogens with zero attached hydrogens (tertiary/aromatic N) is 2. The summed E-state index contributed by atoms with van der Waals surface area (Å²) in [7, 11) is 0. The van der Waals surface area contributed by atoms with Crippen molar-refractivity contribution in [2.24, 2.45) is 5.73 Å². The lowest BCUT2D eigenvalue weighted by atomic mass is 9.95. The molecule has 0 spiro atoms. The van der Waals surface area contributed by atoms with Gasteiger partial charge in [-0.1, -0.05) is 11.6 Å². The van der Waals surface area contributed by atoms with E-state index in [1.165, 1.54) is 47.8 Å². The summed E-state index contributed by atoms with van der Waals surface area (Å²) >= 11 is 0. The number of rotatable bonds is 3. The highest BCUT2D eigenvalue weighted by molar-refractivity contribution is 5.86. The van der Waals surface area contributed by atoms with E-state index in [0.29, 0.717) is 0 Å². The van der Waals surface area contributed by atoms with Crippen molar-refractivity contribution >= 4 is 10.9 Å². The first-order valence-corrected chi connectivity index (χ1v) is 8.50. The van der Waals surface area contributed by atoms with Gasteiger partial charge < -0.3 is 10.3 Å². The van der Waals surface area contributed by atoms with Crippen LogP contribution >= 0.6 is 0 Å². The smallest absolute Gasteiger partial charge is 0.0486 e. The molecule has 0 fully saturated rings. The van der Waals surface area contributed by atoms with Gasteiger partial charge in [0.15, 0.2) is 0 Å².